The maximum Gasteiger partial charge on any atom is 0.289 e. The smallest absolute Gasteiger partial charge is 0.289 e. The van der Waals surface area contributed by atoms with Crippen molar-refractivity contribution in [1.82, 2.24) is 25.4 Å². The molecule has 4 heterocycles. The van der Waals surface area contributed by atoms with Crippen LogP contribution in [0.25, 0.3) is 0 Å². The van der Waals surface area contributed by atoms with Crippen molar-refractivity contribution in [2.75, 3.05) is 6.54 Å². The molecule has 0 saturated carbocycles. The zero-order chi connectivity index (χ0) is 17.9. The van der Waals surface area contributed by atoms with Crippen LogP contribution in [0.4, 0.5) is 0 Å². The van der Waals surface area contributed by atoms with Gasteiger partial charge in [-0.25, -0.2) is 0 Å². The van der Waals surface area contributed by atoms with E-state index in [1.165, 1.54) is 6.26 Å². The number of aromatic nitrogens is 3. The van der Waals surface area contributed by atoms with Gasteiger partial charge in [-0.3, -0.25) is 19.7 Å². The molecule has 0 saturated heterocycles. The molecular weight excluding hydrogens is 334 g/mol. The number of pyridine rings is 1. The van der Waals surface area contributed by atoms with Crippen LogP contribution in [-0.4, -0.2) is 38.4 Å². The van der Waals surface area contributed by atoms with E-state index in [9.17, 15) is 9.59 Å². The standard InChI is InChI=1S/C18H17N5O3/c24-17(20-10-12-3-1-6-19-9-12)16-13-11-23(7-5-14(13)21-22-16)18(25)15-4-2-8-26-15/h1-4,6,8-9H,5,7,10-11H2,(H,20,24)(H,21,22). The SMILES string of the molecule is O=C(NCc1cccnc1)c1n[nH]c2c1CN(C(=O)c1ccco1)CC2. The first-order valence-electron chi connectivity index (χ1n) is 8.28. The van der Waals surface area contributed by atoms with Crippen molar-refractivity contribution in [3.8, 4) is 0 Å². The predicted molar refractivity (Wildman–Crippen MR) is 91.1 cm³/mol. The number of nitrogens with zero attached hydrogens (tertiary/aromatic N) is 3. The lowest BCUT2D eigenvalue weighted by Crippen LogP contribution is -2.36. The molecular formula is C18H17N5O3. The van der Waals surface area contributed by atoms with E-state index in [1.54, 1.807) is 29.4 Å². The van der Waals surface area contributed by atoms with E-state index in [1.807, 2.05) is 12.1 Å². The minimum Gasteiger partial charge on any atom is -0.459 e. The summed E-state index contributed by atoms with van der Waals surface area (Å²) >= 11 is 0. The number of H-pyrrole nitrogens is 1. The molecule has 2 N–H and O–H groups in total. The second-order valence-electron chi connectivity index (χ2n) is 6.03. The van der Waals surface area contributed by atoms with Crippen LogP contribution in [-0.2, 0) is 19.5 Å². The number of carbonyl (C=O) groups excluding carboxylic acids is 2. The monoisotopic (exact) mass is 351 g/mol. The number of amides is 2. The molecule has 0 bridgehead atoms. The van der Waals surface area contributed by atoms with Gasteiger partial charge < -0.3 is 14.6 Å². The van der Waals surface area contributed by atoms with Crippen molar-refractivity contribution in [3.05, 3.63) is 71.2 Å². The van der Waals surface area contributed by atoms with E-state index in [-0.39, 0.29) is 11.8 Å². The van der Waals surface area contributed by atoms with Crippen LogP contribution < -0.4 is 5.32 Å². The van der Waals surface area contributed by atoms with Crippen LogP contribution in [0.15, 0.2) is 47.3 Å². The normalized spacial score (nSPS) is 13.3. The summed E-state index contributed by atoms with van der Waals surface area (Å²) in [5.41, 5.74) is 2.86. The summed E-state index contributed by atoms with van der Waals surface area (Å²) in [5.74, 6) is -0.179. The van der Waals surface area contributed by atoms with Gasteiger partial charge in [0.05, 0.1) is 12.8 Å². The molecule has 132 valence electrons. The van der Waals surface area contributed by atoms with Crippen molar-refractivity contribution < 1.29 is 14.0 Å². The average Bonchev–Trinajstić information content (AvgIpc) is 3.35. The topological polar surface area (TPSA) is 104 Å². The molecule has 0 radical (unpaired) electrons. The first-order valence-corrected chi connectivity index (χ1v) is 8.28. The van der Waals surface area contributed by atoms with Gasteiger partial charge in [0.1, 0.15) is 0 Å². The van der Waals surface area contributed by atoms with E-state index in [4.69, 9.17) is 4.42 Å². The molecule has 4 rings (SSSR count). The fourth-order valence-corrected chi connectivity index (χ4v) is 2.98. The minimum atomic E-state index is -0.279. The quantitative estimate of drug-likeness (QED) is 0.742. The number of nitrogens with one attached hydrogen (secondary N) is 2. The van der Waals surface area contributed by atoms with E-state index in [0.29, 0.717) is 37.5 Å². The lowest BCUT2D eigenvalue weighted by atomic mass is 10.0. The highest BCUT2D eigenvalue weighted by molar-refractivity contribution is 5.95. The molecule has 0 unspecified atom stereocenters. The van der Waals surface area contributed by atoms with E-state index < -0.39 is 0 Å². The van der Waals surface area contributed by atoms with Crippen molar-refractivity contribution >= 4 is 11.8 Å². The number of hydrogen-bond donors (Lipinski definition) is 2. The Labute approximate surface area is 149 Å². The highest BCUT2D eigenvalue weighted by Gasteiger charge is 2.29. The molecule has 3 aromatic heterocycles. The lowest BCUT2D eigenvalue weighted by molar-refractivity contribution is 0.0699. The van der Waals surface area contributed by atoms with Gasteiger partial charge in [-0.1, -0.05) is 6.07 Å². The Morgan fingerprint density at radius 1 is 1.31 bits per heavy atom. The predicted octanol–water partition coefficient (Wildman–Crippen LogP) is 1.53. The highest BCUT2D eigenvalue weighted by atomic mass is 16.3. The van der Waals surface area contributed by atoms with Crippen molar-refractivity contribution in [1.29, 1.82) is 0 Å². The Bertz CT molecular complexity index is 918. The highest BCUT2D eigenvalue weighted by Crippen LogP contribution is 2.22. The molecule has 1 aliphatic rings. The summed E-state index contributed by atoms with van der Waals surface area (Å²) in [6.07, 6.45) is 5.46. The Balaban J connectivity index is 1.48. The summed E-state index contributed by atoms with van der Waals surface area (Å²) in [6.45, 7) is 1.23. The summed E-state index contributed by atoms with van der Waals surface area (Å²) in [7, 11) is 0. The fraction of sp³-hybridized carbons (Fsp3) is 0.222. The molecule has 0 fully saturated rings. The molecule has 0 atom stereocenters. The van der Waals surface area contributed by atoms with Crippen LogP contribution in [0.3, 0.4) is 0 Å². The number of aromatic amines is 1. The Hall–Kier alpha value is -3.42. The van der Waals surface area contributed by atoms with Crippen LogP contribution in [0, 0.1) is 0 Å². The molecule has 8 heteroatoms. The molecule has 1 aliphatic heterocycles. The van der Waals surface area contributed by atoms with Gasteiger partial charge in [0.2, 0.25) is 0 Å². The van der Waals surface area contributed by atoms with Gasteiger partial charge >= 0.3 is 0 Å². The number of carbonyl (C=O) groups is 2. The summed E-state index contributed by atoms with van der Waals surface area (Å²) in [4.78, 5) is 30.7. The zero-order valence-corrected chi connectivity index (χ0v) is 13.9. The molecule has 0 aromatic carbocycles. The van der Waals surface area contributed by atoms with Crippen molar-refractivity contribution in [2.45, 2.75) is 19.5 Å². The Morgan fingerprint density at radius 2 is 2.23 bits per heavy atom. The minimum absolute atomic E-state index is 0.191. The summed E-state index contributed by atoms with van der Waals surface area (Å²) in [5, 5.41) is 9.91. The van der Waals surface area contributed by atoms with E-state index in [2.05, 4.69) is 20.5 Å². The van der Waals surface area contributed by atoms with E-state index >= 15 is 0 Å². The second kappa shape index (κ2) is 6.83. The van der Waals surface area contributed by atoms with Gasteiger partial charge in [-0.15, -0.1) is 0 Å². The van der Waals surface area contributed by atoms with Crippen molar-refractivity contribution in [2.24, 2.45) is 0 Å². The van der Waals surface area contributed by atoms with Gasteiger partial charge in [0.15, 0.2) is 11.5 Å². The molecule has 0 aliphatic carbocycles. The molecule has 0 spiro atoms. The van der Waals surface area contributed by atoms with Crippen LogP contribution >= 0.6 is 0 Å². The zero-order valence-electron chi connectivity index (χ0n) is 13.9. The Morgan fingerprint density at radius 3 is 3.00 bits per heavy atom. The molecule has 8 nitrogen and oxygen atoms in total. The summed E-state index contributed by atoms with van der Waals surface area (Å²) < 4.78 is 5.18. The number of furan rings is 1. The Kier molecular flexibility index (Phi) is 4.22. The first kappa shape index (κ1) is 16.1. The van der Waals surface area contributed by atoms with E-state index in [0.717, 1.165) is 16.8 Å². The van der Waals surface area contributed by atoms with Gasteiger partial charge in [-0.05, 0) is 23.8 Å². The number of fused-ring (bicyclic) bond motifs is 1. The largest absolute Gasteiger partial charge is 0.459 e. The third-order valence-electron chi connectivity index (χ3n) is 4.34. The number of hydrogen-bond acceptors (Lipinski definition) is 5. The third kappa shape index (κ3) is 3.08. The van der Waals surface area contributed by atoms with Crippen LogP contribution in [0.2, 0.25) is 0 Å². The first-order chi connectivity index (χ1) is 12.7. The third-order valence-corrected chi connectivity index (χ3v) is 4.34. The van der Waals surface area contributed by atoms with Gasteiger partial charge in [0.25, 0.3) is 11.8 Å². The van der Waals surface area contributed by atoms with Crippen molar-refractivity contribution in [3.63, 3.8) is 0 Å². The fourth-order valence-electron chi connectivity index (χ4n) is 2.98. The van der Waals surface area contributed by atoms with Gasteiger partial charge in [-0.2, -0.15) is 5.10 Å². The maximum atomic E-state index is 12.5. The second-order valence-corrected chi connectivity index (χ2v) is 6.03. The molecule has 3 aromatic rings. The summed E-state index contributed by atoms with van der Waals surface area (Å²) in [6, 6.07) is 7.01. The number of rotatable bonds is 4. The van der Waals surface area contributed by atoms with Gasteiger partial charge in [0, 0.05) is 43.2 Å². The molecule has 26 heavy (non-hydrogen) atoms. The molecule has 2 amide bonds. The van der Waals surface area contributed by atoms with Crippen LogP contribution in [0.1, 0.15) is 37.9 Å². The maximum absolute atomic E-state index is 12.5. The lowest BCUT2D eigenvalue weighted by Gasteiger charge is -2.26. The van der Waals surface area contributed by atoms with Crippen LogP contribution in [0.5, 0.6) is 0 Å². The average molecular weight is 351 g/mol.